The van der Waals surface area contributed by atoms with Gasteiger partial charge < -0.3 is 33.1 Å². The summed E-state index contributed by atoms with van der Waals surface area (Å²) in [4.78, 5) is 20.5. The number of carbonyl (C=O) groups is 2. The maximum Gasteiger partial charge on any atom is 0.320 e. The molecule has 8 heteroatoms. The van der Waals surface area contributed by atoms with Crippen molar-refractivity contribution in [3.63, 3.8) is 0 Å². The summed E-state index contributed by atoms with van der Waals surface area (Å²) in [5, 5.41) is 16.8. The van der Waals surface area contributed by atoms with Gasteiger partial charge in [0.2, 0.25) is 0 Å². The van der Waals surface area contributed by atoms with E-state index in [2.05, 4.69) is 0 Å². The van der Waals surface area contributed by atoms with E-state index in [0.29, 0.717) is 31.5 Å². The lowest BCUT2D eigenvalue weighted by atomic mass is 10.1. The van der Waals surface area contributed by atoms with Crippen molar-refractivity contribution < 1.29 is 19.8 Å². The van der Waals surface area contributed by atoms with Gasteiger partial charge in [-0.3, -0.25) is 9.59 Å². The summed E-state index contributed by atoms with van der Waals surface area (Å²) < 4.78 is 0. The number of hydrogen-bond acceptors (Lipinski definition) is 6. The molecule has 22 heavy (non-hydrogen) atoms. The molecule has 0 fully saturated rings. The number of hydrogen-bond donors (Lipinski definition) is 6. The normalized spacial score (nSPS) is 12.7. The molecule has 0 spiro atoms. The van der Waals surface area contributed by atoms with Gasteiger partial charge in [0.05, 0.1) is 0 Å². The van der Waals surface area contributed by atoms with E-state index >= 15 is 0 Å². The Morgan fingerprint density at radius 1 is 1.00 bits per heavy atom. The molecule has 0 bridgehead atoms. The standard InChI is InChI=1S/C9H12N2O2.C5H12N2O2/c10-7-3-1-6(2-4-7)5-8(11)9(12)13;6-3-1-2-4(7)5(8)9/h1-4,8H,5,10-11H2,(H,12,13);4H,1-3,6-7H2,(H,8,9)/t8-;4-/m00/s1. The van der Waals surface area contributed by atoms with Crippen molar-refractivity contribution in [3.05, 3.63) is 29.8 Å². The van der Waals surface area contributed by atoms with E-state index in [-0.39, 0.29) is 0 Å². The van der Waals surface area contributed by atoms with Gasteiger partial charge >= 0.3 is 11.9 Å². The maximum atomic E-state index is 10.4. The van der Waals surface area contributed by atoms with Gasteiger partial charge in [0, 0.05) is 5.69 Å². The molecule has 1 rings (SSSR count). The Hall–Kier alpha value is -2.16. The molecule has 0 heterocycles. The van der Waals surface area contributed by atoms with Crippen LogP contribution in [0.5, 0.6) is 0 Å². The molecule has 0 aliphatic carbocycles. The average molecular weight is 312 g/mol. The third kappa shape index (κ3) is 8.90. The molecule has 124 valence electrons. The molecule has 10 N–H and O–H groups in total. The zero-order chi connectivity index (χ0) is 17.1. The lowest BCUT2D eigenvalue weighted by Gasteiger charge is -2.05. The van der Waals surface area contributed by atoms with Crippen molar-refractivity contribution in [2.45, 2.75) is 31.3 Å². The van der Waals surface area contributed by atoms with Crippen LogP contribution in [-0.2, 0) is 16.0 Å². The number of benzene rings is 1. The van der Waals surface area contributed by atoms with Crippen molar-refractivity contribution >= 4 is 17.6 Å². The smallest absolute Gasteiger partial charge is 0.320 e. The molecule has 0 aliphatic heterocycles. The van der Waals surface area contributed by atoms with Crippen LogP contribution in [0.4, 0.5) is 5.69 Å². The van der Waals surface area contributed by atoms with E-state index in [1.54, 1.807) is 24.3 Å². The van der Waals surface area contributed by atoms with Crippen LogP contribution in [0.1, 0.15) is 18.4 Å². The maximum absolute atomic E-state index is 10.4. The summed E-state index contributed by atoms with van der Waals surface area (Å²) in [6, 6.07) is 5.42. The fourth-order valence-corrected chi connectivity index (χ4v) is 1.46. The quantitative estimate of drug-likeness (QED) is 0.360. The molecule has 8 nitrogen and oxygen atoms in total. The highest BCUT2D eigenvalue weighted by Gasteiger charge is 2.11. The first kappa shape index (κ1) is 19.8. The minimum Gasteiger partial charge on any atom is -0.480 e. The number of nitrogens with two attached hydrogens (primary N) is 4. The van der Waals surface area contributed by atoms with Crippen LogP contribution in [0.3, 0.4) is 0 Å². The zero-order valence-corrected chi connectivity index (χ0v) is 12.3. The number of rotatable bonds is 7. The van der Waals surface area contributed by atoms with Crippen LogP contribution < -0.4 is 22.9 Å². The van der Waals surface area contributed by atoms with E-state index in [0.717, 1.165) is 5.56 Å². The van der Waals surface area contributed by atoms with Crippen molar-refractivity contribution in [3.8, 4) is 0 Å². The second-order valence-corrected chi connectivity index (χ2v) is 4.77. The first-order chi connectivity index (χ1) is 10.3. The highest BCUT2D eigenvalue weighted by atomic mass is 16.4. The van der Waals surface area contributed by atoms with Crippen molar-refractivity contribution in [1.82, 2.24) is 0 Å². The van der Waals surface area contributed by atoms with Crippen LogP contribution in [0, 0.1) is 0 Å². The van der Waals surface area contributed by atoms with Crippen LogP contribution in [0.15, 0.2) is 24.3 Å². The van der Waals surface area contributed by atoms with Gasteiger partial charge in [0.15, 0.2) is 0 Å². The Morgan fingerprint density at radius 2 is 1.50 bits per heavy atom. The fourth-order valence-electron chi connectivity index (χ4n) is 1.46. The van der Waals surface area contributed by atoms with Crippen LogP contribution in [-0.4, -0.2) is 40.8 Å². The van der Waals surface area contributed by atoms with Crippen molar-refractivity contribution in [2.75, 3.05) is 12.3 Å². The fraction of sp³-hybridized carbons (Fsp3) is 0.429. The lowest BCUT2D eigenvalue weighted by Crippen LogP contribution is -2.32. The number of anilines is 1. The molecule has 1 aromatic carbocycles. The minimum atomic E-state index is -0.989. The highest BCUT2D eigenvalue weighted by molar-refractivity contribution is 5.73. The largest absolute Gasteiger partial charge is 0.480 e. The summed E-state index contributed by atoms with van der Waals surface area (Å²) in [6.45, 7) is 0.501. The van der Waals surface area contributed by atoms with Gasteiger partial charge in [-0.25, -0.2) is 0 Å². The molecule has 0 aromatic heterocycles. The molecule has 0 amide bonds. The number of carboxylic acids is 2. The average Bonchev–Trinajstić information content (AvgIpc) is 2.47. The molecule has 2 atom stereocenters. The third-order valence-electron chi connectivity index (χ3n) is 2.79. The first-order valence-electron chi connectivity index (χ1n) is 6.79. The summed E-state index contributed by atoms with van der Waals surface area (Å²) in [5.74, 6) is -1.94. The Morgan fingerprint density at radius 3 is 1.91 bits per heavy atom. The van der Waals surface area contributed by atoms with Gasteiger partial charge in [-0.2, -0.15) is 0 Å². The molecular weight excluding hydrogens is 288 g/mol. The van der Waals surface area contributed by atoms with Crippen LogP contribution in [0.2, 0.25) is 0 Å². The van der Waals surface area contributed by atoms with Crippen molar-refractivity contribution in [2.24, 2.45) is 17.2 Å². The SMILES string of the molecule is NCCC[C@H](N)C(=O)O.Nc1ccc(C[C@H](N)C(=O)O)cc1. The number of carboxylic acid groups (broad SMARTS) is 2. The third-order valence-corrected chi connectivity index (χ3v) is 2.79. The van der Waals surface area contributed by atoms with E-state index in [1.807, 2.05) is 0 Å². The second kappa shape index (κ2) is 10.6. The topological polar surface area (TPSA) is 179 Å². The minimum absolute atomic E-state index is 0.329. The number of aliphatic carboxylic acids is 2. The van der Waals surface area contributed by atoms with Gasteiger partial charge in [0.25, 0.3) is 0 Å². The van der Waals surface area contributed by atoms with Crippen molar-refractivity contribution in [1.29, 1.82) is 0 Å². The molecule has 0 unspecified atom stereocenters. The molecule has 0 radical (unpaired) electrons. The van der Waals surface area contributed by atoms with Gasteiger partial charge in [0.1, 0.15) is 12.1 Å². The molecule has 0 saturated heterocycles. The summed E-state index contributed by atoms with van der Waals surface area (Å²) in [7, 11) is 0. The Labute approximate surface area is 129 Å². The zero-order valence-electron chi connectivity index (χ0n) is 12.3. The van der Waals surface area contributed by atoms with Gasteiger partial charge in [-0.1, -0.05) is 12.1 Å². The molecule has 1 aromatic rings. The van der Waals surface area contributed by atoms with E-state index in [4.69, 9.17) is 33.1 Å². The van der Waals surface area contributed by atoms with E-state index < -0.39 is 24.0 Å². The lowest BCUT2D eigenvalue weighted by molar-refractivity contribution is -0.139. The van der Waals surface area contributed by atoms with Crippen LogP contribution in [0.25, 0.3) is 0 Å². The Kier molecular flexibility index (Phi) is 9.51. The molecular formula is C14H24N4O4. The molecule has 0 aliphatic rings. The Bertz CT molecular complexity index is 464. The Balaban J connectivity index is 0.000000433. The summed E-state index contributed by atoms with van der Waals surface area (Å²) >= 11 is 0. The van der Waals surface area contributed by atoms with Gasteiger partial charge in [-0.15, -0.1) is 0 Å². The van der Waals surface area contributed by atoms with E-state index in [9.17, 15) is 9.59 Å². The van der Waals surface area contributed by atoms with E-state index in [1.165, 1.54) is 0 Å². The summed E-state index contributed by atoms with van der Waals surface area (Å²) in [6.07, 6.45) is 1.47. The predicted octanol–water partition coefficient (Wildman–Crippen LogP) is -0.640. The van der Waals surface area contributed by atoms with Gasteiger partial charge in [-0.05, 0) is 43.5 Å². The first-order valence-corrected chi connectivity index (χ1v) is 6.79. The second-order valence-electron chi connectivity index (χ2n) is 4.77. The number of nitrogen functional groups attached to an aromatic ring is 1. The monoisotopic (exact) mass is 312 g/mol. The molecule has 0 saturated carbocycles. The highest BCUT2D eigenvalue weighted by Crippen LogP contribution is 2.07. The van der Waals surface area contributed by atoms with Crippen LogP contribution >= 0.6 is 0 Å². The predicted molar refractivity (Wildman–Crippen MR) is 84.1 cm³/mol. The summed E-state index contributed by atoms with van der Waals surface area (Å²) in [5.41, 5.74) is 22.6.